The molecule has 0 aliphatic heterocycles. The highest BCUT2D eigenvalue weighted by Crippen LogP contribution is 2.43. The van der Waals surface area contributed by atoms with Gasteiger partial charge in [-0.1, -0.05) is 26.8 Å². The van der Waals surface area contributed by atoms with Gasteiger partial charge in [0, 0.05) is 11.8 Å². The fraction of sp³-hybridized carbons (Fsp3) is 0.583. The third-order valence-electron chi connectivity index (χ3n) is 3.14. The average Bonchev–Trinajstić information content (AvgIpc) is 2.45. The summed E-state index contributed by atoms with van der Waals surface area (Å²) in [4.78, 5) is 14.1. The molecule has 0 radical (unpaired) electrons. The van der Waals surface area contributed by atoms with E-state index in [-0.39, 0.29) is 5.56 Å². The molecule has 2 heteroatoms. The molecule has 1 N–H and O–H groups in total. The Balaban J connectivity index is 2.45. The lowest BCUT2D eigenvalue weighted by molar-refractivity contribution is 0.319. The zero-order chi connectivity index (χ0) is 10.3. The highest BCUT2D eigenvalue weighted by atomic mass is 16.1. The van der Waals surface area contributed by atoms with Gasteiger partial charge in [-0.25, -0.2) is 0 Å². The summed E-state index contributed by atoms with van der Waals surface area (Å²) >= 11 is 0. The third-order valence-corrected chi connectivity index (χ3v) is 3.14. The lowest BCUT2D eigenvalue weighted by atomic mass is 9.78. The van der Waals surface area contributed by atoms with E-state index >= 15 is 0 Å². The number of fused-ring (bicyclic) bond motifs is 1. The average molecular weight is 191 g/mol. The fourth-order valence-electron chi connectivity index (χ4n) is 2.41. The van der Waals surface area contributed by atoms with E-state index in [1.54, 1.807) is 6.07 Å². The van der Waals surface area contributed by atoms with Gasteiger partial charge in [-0.3, -0.25) is 4.79 Å². The van der Waals surface area contributed by atoms with Gasteiger partial charge in [0.05, 0.1) is 0 Å². The zero-order valence-corrected chi connectivity index (χ0v) is 9.05. The second-order valence-electron chi connectivity index (χ2n) is 5.21. The van der Waals surface area contributed by atoms with Crippen molar-refractivity contribution in [1.29, 1.82) is 0 Å². The molecule has 0 saturated carbocycles. The van der Waals surface area contributed by atoms with Gasteiger partial charge in [0.25, 0.3) is 0 Å². The molecule has 2 rings (SSSR count). The Kier molecular flexibility index (Phi) is 2.02. The molecule has 1 aliphatic carbocycles. The van der Waals surface area contributed by atoms with Gasteiger partial charge >= 0.3 is 0 Å². The first kappa shape index (κ1) is 9.50. The van der Waals surface area contributed by atoms with Gasteiger partial charge in [-0.2, -0.15) is 0 Å². The van der Waals surface area contributed by atoms with Gasteiger partial charge in [0.2, 0.25) is 5.56 Å². The number of nitrogens with one attached hydrogen (secondary N) is 1. The van der Waals surface area contributed by atoms with Crippen LogP contribution >= 0.6 is 0 Å². The van der Waals surface area contributed by atoms with E-state index in [1.807, 2.05) is 6.07 Å². The molecule has 1 aliphatic rings. The van der Waals surface area contributed by atoms with Crippen LogP contribution in [0.25, 0.3) is 0 Å². The molecule has 1 aromatic rings. The Morgan fingerprint density at radius 3 is 2.71 bits per heavy atom. The SMILES string of the molecule is CC(C)(C)C1CCc2[nH]c(=O)ccc21. The maximum Gasteiger partial charge on any atom is 0.248 e. The van der Waals surface area contributed by atoms with Crippen LogP contribution in [0.3, 0.4) is 0 Å². The number of H-pyrrole nitrogens is 1. The van der Waals surface area contributed by atoms with Crippen molar-refractivity contribution in [2.75, 3.05) is 0 Å². The van der Waals surface area contributed by atoms with E-state index in [9.17, 15) is 4.79 Å². The summed E-state index contributed by atoms with van der Waals surface area (Å²) in [5.41, 5.74) is 2.82. The highest BCUT2D eigenvalue weighted by Gasteiger charge is 2.32. The summed E-state index contributed by atoms with van der Waals surface area (Å²) in [6.07, 6.45) is 2.19. The van der Waals surface area contributed by atoms with E-state index in [4.69, 9.17) is 0 Å². The van der Waals surface area contributed by atoms with Crippen LogP contribution in [0.2, 0.25) is 0 Å². The maximum absolute atomic E-state index is 11.1. The van der Waals surface area contributed by atoms with Crippen molar-refractivity contribution < 1.29 is 0 Å². The summed E-state index contributed by atoms with van der Waals surface area (Å²) in [5.74, 6) is 0.592. The number of aryl methyl sites for hydroxylation is 1. The standard InChI is InChI=1S/C12H17NO/c1-12(2,3)9-5-6-10-8(9)4-7-11(14)13-10/h4,7,9H,5-6H2,1-3H3,(H,13,14). The van der Waals surface area contributed by atoms with Gasteiger partial charge in [-0.05, 0) is 29.7 Å². The Bertz CT molecular complexity index is 398. The molecule has 0 saturated heterocycles. The molecule has 1 heterocycles. The number of hydrogen-bond acceptors (Lipinski definition) is 1. The minimum atomic E-state index is 0.0262. The van der Waals surface area contributed by atoms with Crippen LogP contribution < -0.4 is 5.56 Å². The molecule has 0 fully saturated rings. The van der Waals surface area contributed by atoms with E-state index in [0.29, 0.717) is 11.3 Å². The predicted octanol–water partition coefficient (Wildman–Crippen LogP) is 2.45. The fourth-order valence-corrected chi connectivity index (χ4v) is 2.41. The second-order valence-corrected chi connectivity index (χ2v) is 5.21. The van der Waals surface area contributed by atoms with Crippen molar-refractivity contribution >= 4 is 0 Å². The molecule has 0 bridgehead atoms. The largest absolute Gasteiger partial charge is 0.326 e. The van der Waals surface area contributed by atoms with Crippen molar-refractivity contribution in [1.82, 2.24) is 4.98 Å². The Morgan fingerprint density at radius 2 is 2.07 bits per heavy atom. The van der Waals surface area contributed by atoms with E-state index in [1.165, 1.54) is 12.0 Å². The smallest absolute Gasteiger partial charge is 0.248 e. The molecule has 2 nitrogen and oxygen atoms in total. The number of aromatic amines is 1. The first-order chi connectivity index (χ1) is 6.48. The normalized spacial score (nSPS) is 20.9. The van der Waals surface area contributed by atoms with E-state index in [0.717, 1.165) is 12.1 Å². The number of rotatable bonds is 0. The molecule has 76 valence electrons. The molecular formula is C12H17NO. The molecule has 0 aromatic carbocycles. The highest BCUT2D eigenvalue weighted by molar-refractivity contribution is 5.30. The van der Waals surface area contributed by atoms with Crippen molar-refractivity contribution in [2.45, 2.75) is 39.5 Å². The monoisotopic (exact) mass is 191 g/mol. The minimum absolute atomic E-state index is 0.0262. The van der Waals surface area contributed by atoms with E-state index in [2.05, 4.69) is 25.8 Å². The van der Waals surface area contributed by atoms with Crippen molar-refractivity contribution in [2.24, 2.45) is 5.41 Å². The van der Waals surface area contributed by atoms with Crippen molar-refractivity contribution in [3.8, 4) is 0 Å². The molecule has 1 aromatic heterocycles. The van der Waals surface area contributed by atoms with Crippen LogP contribution in [0.1, 0.15) is 44.4 Å². The third kappa shape index (κ3) is 1.49. The van der Waals surface area contributed by atoms with Gasteiger partial charge in [0.15, 0.2) is 0 Å². The summed E-state index contributed by atoms with van der Waals surface area (Å²) in [6.45, 7) is 6.79. The summed E-state index contributed by atoms with van der Waals surface area (Å²) < 4.78 is 0. The van der Waals surface area contributed by atoms with Crippen LogP contribution in [0.5, 0.6) is 0 Å². The molecular weight excluding hydrogens is 174 g/mol. The Labute approximate surface area is 84.4 Å². The summed E-state index contributed by atoms with van der Waals surface area (Å²) in [7, 11) is 0. The molecule has 1 atom stereocenters. The van der Waals surface area contributed by atoms with Crippen LogP contribution in [0, 0.1) is 5.41 Å². The minimum Gasteiger partial charge on any atom is -0.326 e. The predicted molar refractivity (Wildman–Crippen MR) is 57.6 cm³/mol. The van der Waals surface area contributed by atoms with Gasteiger partial charge < -0.3 is 4.98 Å². The summed E-state index contributed by atoms with van der Waals surface area (Å²) in [5, 5.41) is 0. The molecule has 14 heavy (non-hydrogen) atoms. The number of aromatic nitrogens is 1. The quantitative estimate of drug-likeness (QED) is 0.671. The maximum atomic E-state index is 11.1. The zero-order valence-electron chi connectivity index (χ0n) is 9.05. The number of hydrogen-bond donors (Lipinski definition) is 1. The topological polar surface area (TPSA) is 32.9 Å². The van der Waals surface area contributed by atoms with Crippen LogP contribution in [0.4, 0.5) is 0 Å². The van der Waals surface area contributed by atoms with Crippen molar-refractivity contribution in [3.05, 3.63) is 33.7 Å². The molecule has 0 spiro atoms. The summed E-state index contributed by atoms with van der Waals surface area (Å²) in [6, 6.07) is 3.64. The van der Waals surface area contributed by atoms with Gasteiger partial charge in [-0.15, -0.1) is 0 Å². The van der Waals surface area contributed by atoms with Crippen LogP contribution in [0.15, 0.2) is 16.9 Å². The van der Waals surface area contributed by atoms with Crippen molar-refractivity contribution in [3.63, 3.8) is 0 Å². The Hall–Kier alpha value is -1.05. The van der Waals surface area contributed by atoms with E-state index < -0.39 is 0 Å². The lowest BCUT2D eigenvalue weighted by Gasteiger charge is -2.27. The molecule has 0 amide bonds. The van der Waals surface area contributed by atoms with Gasteiger partial charge in [0.1, 0.15) is 0 Å². The lowest BCUT2D eigenvalue weighted by Crippen LogP contribution is -2.16. The first-order valence-electron chi connectivity index (χ1n) is 5.20. The number of pyridine rings is 1. The van der Waals surface area contributed by atoms with Crippen LogP contribution in [-0.2, 0) is 6.42 Å². The first-order valence-corrected chi connectivity index (χ1v) is 5.20. The Morgan fingerprint density at radius 1 is 1.36 bits per heavy atom. The molecule has 1 unspecified atom stereocenters. The second kappa shape index (κ2) is 2.97. The van der Waals surface area contributed by atoms with Crippen LogP contribution in [-0.4, -0.2) is 4.98 Å².